The number of alkyl halides is 3. The number of benzene rings is 2. The Bertz CT molecular complexity index is 812. The number of carbonyl (C=O) groups excluding carboxylic acids is 2. The number of ether oxygens (including phenoxy) is 1. The molecule has 1 amide bonds. The van der Waals surface area contributed by atoms with E-state index in [1.807, 2.05) is 5.43 Å². The Morgan fingerprint density at radius 2 is 1.67 bits per heavy atom. The van der Waals surface area contributed by atoms with Crippen molar-refractivity contribution >= 4 is 17.6 Å². The Morgan fingerprint density at radius 1 is 1.00 bits per heavy atom. The Kier molecular flexibility index (Phi) is 6.06. The number of para-hydroxylation sites is 1. The minimum Gasteiger partial charge on any atom is -0.466 e. The smallest absolute Gasteiger partial charge is 0.438 e. The Hall–Kier alpha value is -3.07. The number of nitrogens with one attached hydrogen (secondary N) is 3. The van der Waals surface area contributed by atoms with Crippen molar-refractivity contribution in [2.24, 2.45) is 0 Å². The number of rotatable bonds is 6. The monoisotopic (exact) mass is 381 g/mol. The van der Waals surface area contributed by atoms with Gasteiger partial charge in [0.15, 0.2) is 0 Å². The van der Waals surface area contributed by atoms with Gasteiger partial charge in [-0.2, -0.15) is 18.6 Å². The van der Waals surface area contributed by atoms with Gasteiger partial charge in [-0.05, 0) is 31.2 Å². The maximum absolute atomic E-state index is 13.9. The maximum atomic E-state index is 13.9. The van der Waals surface area contributed by atoms with Crippen LogP contribution < -0.4 is 16.2 Å². The number of methoxy groups -OCH3 is 1. The average molecular weight is 381 g/mol. The van der Waals surface area contributed by atoms with Crippen molar-refractivity contribution < 1.29 is 27.5 Å². The zero-order chi connectivity index (χ0) is 20.1. The number of hydrazine groups is 1. The standard InChI is InChI=1S/C18H18F3N3O3/c1-12-7-6-8-13(11-12)15(25)22-17(16(26)27-2,18(19,20)21)24-23-14-9-4-3-5-10-14/h3-11,23-24H,1-2H3,(H,22,25). The molecule has 2 aromatic carbocycles. The number of anilines is 1. The summed E-state index contributed by atoms with van der Waals surface area (Å²) in [6, 6.07) is 13.7. The van der Waals surface area contributed by atoms with Crippen LogP contribution in [0.2, 0.25) is 0 Å². The van der Waals surface area contributed by atoms with E-state index in [1.165, 1.54) is 30.3 Å². The van der Waals surface area contributed by atoms with E-state index in [4.69, 9.17) is 0 Å². The lowest BCUT2D eigenvalue weighted by Crippen LogP contribution is -2.73. The van der Waals surface area contributed by atoms with Crippen molar-refractivity contribution in [3.05, 3.63) is 65.7 Å². The van der Waals surface area contributed by atoms with Crippen LogP contribution in [0.3, 0.4) is 0 Å². The van der Waals surface area contributed by atoms with Crippen LogP contribution in [-0.4, -0.2) is 30.8 Å². The summed E-state index contributed by atoms with van der Waals surface area (Å²) in [5, 5.41) is 1.72. The second-order valence-electron chi connectivity index (χ2n) is 5.68. The molecule has 144 valence electrons. The molecule has 1 unspecified atom stereocenters. The molecule has 0 aliphatic heterocycles. The minimum atomic E-state index is -5.21. The highest BCUT2D eigenvalue weighted by atomic mass is 19.4. The van der Waals surface area contributed by atoms with Gasteiger partial charge in [0.1, 0.15) is 0 Å². The summed E-state index contributed by atoms with van der Waals surface area (Å²) < 4.78 is 45.9. The number of aryl methyl sites for hydroxylation is 1. The van der Waals surface area contributed by atoms with E-state index in [2.05, 4.69) is 10.2 Å². The number of hydrogen-bond donors (Lipinski definition) is 3. The highest BCUT2D eigenvalue weighted by Crippen LogP contribution is 2.30. The molecule has 2 rings (SSSR count). The molecular formula is C18H18F3N3O3. The molecule has 0 radical (unpaired) electrons. The number of halogens is 3. The van der Waals surface area contributed by atoms with Gasteiger partial charge in [-0.3, -0.25) is 4.79 Å². The molecule has 0 saturated carbocycles. The van der Waals surface area contributed by atoms with Crippen LogP contribution >= 0.6 is 0 Å². The lowest BCUT2D eigenvalue weighted by Gasteiger charge is -2.34. The molecular weight excluding hydrogens is 363 g/mol. The normalized spacial score (nSPS) is 13.4. The van der Waals surface area contributed by atoms with Crippen molar-refractivity contribution in [3.63, 3.8) is 0 Å². The first-order chi connectivity index (χ1) is 12.7. The fourth-order valence-electron chi connectivity index (χ4n) is 2.26. The lowest BCUT2D eigenvalue weighted by atomic mass is 10.1. The van der Waals surface area contributed by atoms with Gasteiger partial charge in [-0.15, -0.1) is 0 Å². The van der Waals surface area contributed by atoms with Crippen molar-refractivity contribution in [1.29, 1.82) is 0 Å². The van der Waals surface area contributed by atoms with Crippen LogP contribution in [-0.2, 0) is 9.53 Å². The molecule has 0 fully saturated rings. The van der Waals surface area contributed by atoms with Gasteiger partial charge in [-0.25, -0.2) is 4.79 Å². The van der Waals surface area contributed by atoms with Gasteiger partial charge in [0, 0.05) is 11.3 Å². The molecule has 3 N–H and O–H groups in total. The summed E-state index contributed by atoms with van der Waals surface area (Å²) in [6.07, 6.45) is -5.21. The molecule has 27 heavy (non-hydrogen) atoms. The first-order valence-electron chi connectivity index (χ1n) is 7.82. The fraction of sp³-hybridized carbons (Fsp3) is 0.222. The van der Waals surface area contributed by atoms with Crippen molar-refractivity contribution in [3.8, 4) is 0 Å². The summed E-state index contributed by atoms with van der Waals surface area (Å²) in [5.74, 6) is -2.82. The van der Waals surface area contributed by atoms with E-state index >= 15 is 0 Å². The largest absolute Gasteiger partial charge is 0.466 e. The summed E-state index contributed by atoms with van der Waals surface area (Å²) >= 11 is 0. The van der Waals surface area contributed by atoms with Gasteiger partial charge < -0.3 is 15.5 Å². The second kappa shape index (κ2) is 8.09. The molecule has 0 aliphatic rings. The molecule has 0 aliphatic carbocycles. The Labute approximate surface area is 153 Å². The van der Waals surface area contributed by atoms with Gasteiger partial charge >= 0.3 is 17.8 Å². The molecule has 1 atom stereocenters. The summed E-state index contributed by atoms with van der Waals surface area (Å²) in [6.45, 7) is 1.68. The predicted molar refractivity (Wildman–Crippen MR) is 92.6 cm³/mol. The van der Waals surface area contributed by atoms with E-state index in [9.17, 15) is 22.8 Å². The molecule has 0 bridgehead atoms. The number of hydrogen-bond acceptors (Lipinski definition) is 5. The van der Waals surface area contributed by atoms with Crippen molar-refractivity contribution in [2.45, 2.75) is 18.8 Å². The summed E-state index contributed by atoms with van der Waals surface area (Å²) in [4.78, 5) is 24.5. The van der Waals surface area contributed by atoms with Crippen LogP contribution in [0.5, 0.6) is 0 Å². The van der Waals surface area contributed by atoms with Gasteiger partial charge in [0.05, 0.1) is 7.11 Å². The van der Waals surface area contributed by atoms with E-state index < -0.39 is 23.7 Å². The van der Waals surface area contributed by atoms with Crippen LogP contribution in [0, 0.1) is 6.92 Å². The SMILES string of the molecule is COC(=O)C(NNc1ccccc1)(NC(=O)c1cccc(C)c1)C(F)(F)F. The van der Waals surface area contributed by atoms with Crippen LogP contribution in [0.1, 0.15) is 15.9 Å². The zero-order valence-corrected chi connectivity index (χ0v) is 14.6. The average Bonchev–Trinajstić information content (AvgIpc) is 2.64. The molecule has 0 heterocycles. The van der Waals surface area contributed by atoms with Gasteiger partial charge in [0.25, 0.3) is 5.91 Å². The van der Waals surface area contributed by atoms with Crippen LogP contribution in [0.15, 0.2) is 54.6 Å². The highest BCUT2D eigenvalue weighted by molar-refractivity contribution is 5.98. The first-order valence-corrected chi connectivity index (χ1v) is 7.82. The van der Waals surface area contributed by atoms with Crippen LogP contribution in [0.4, 0.5) is 18.9 Å². The third kappa shape index (κ3) is 4.56. The summed E-state index contributed by atoms with van der Waals surface area (Å²) in [5.41, 5.74) is 1.55. The third-order valence-electron chi connectivity index (χ3n) is 3.67. The molecule has 6 nitrogen and oxygen atoms in total. The number of esters is 1. The molecule has 2 aromatic rings. The van der Waals surface area contributed by atoms with Crippen molar-refractivity contribution in [2.75, 3.05) is 12.5 Å². The predicted octanol–water partition coefficient (Wildman–Crippen LogP) is 2.77. The number of amides is 1. The lowest BCUT2D eigenvalue weighted by molar-refractivity contribution is -0.215. The van der Waals surface area contributed by atoms with Crippen LogP contribution in [0.25, 0.3) is 0 Å². The minimum absolute atomic E-state index is 0.0333. The molecule has 0 spiro atoms. The Morgan fingerprint density at radius 3 is 2.22 bits per heavy atom. The quantitative estimate of drug-likeness (QED) is 0.407. The van der Waals surface area contributed by atoms with Gasteiger partial charge in [0.2, 0.25) is 0 Å². The molecule has 0 aromatic heterocycles. The summed E-state index contributed by atoms with van der Waals surface area (Å²) in [7, 11) is 0.797. The van der Waals surface area contributed by atoms with E-state index in [1.54, 1.807) is 36.5 Å². The highest BCUT2D eigenvalue weighted by Gasteiger charge is 2.63. The van der Waals surface area contributed by atoms with E-state index in [-0.39, 0.29) is 11.3 Å². The third-order valence-corrected chi connectivity index (χ3v) is 3.67. The van der Waals surface area contributed by atoms with Gasteiger partial charge in [-0.1, -0.05) is 35.9 Å². The van der Waals surface area contributed by atoms with Crippen molar-refractivity contribution in [1.82, 2.24) is 10.7 Å². The fourth-order valence-corrected chi connectivity index (χ4v) is 2.26. The maximum Gasteiger partial charge on any atom is 0.438 e. The zero-order valence-electron chi connectivity index (χ0n) is 14.6. The molecule has 0 saturated heterocycles. The van der Waals surface area contributed by atoms with E-state index in [0.717, 1.165) is 7.11 Å². The number of carbonyl (C=O) groups is 2. The Balaban J connectivity index is 2.38. The first kappa shape index (κ1) is 20.2. The second-order valence-corrected chi connectivity index (χ2v) is 5.68. The van der Waals surface area contributed by atoms with E-state index in [0.29, 0.717) is 5.56 Å². The molecule has 9 heteroatoms. The topological polar surface area (TPSA) is 79.5 Å².